The SMILES string of the molecule is COc1ccccc1N1CCN(Cn2nc(Cc3cccs3)n(CCc3ccccc3)c2=S)CC1. The number of benzene rings is 2. The molecule has 2 aromatic heterocycles. The highest BCUT2D eigenvalue weighted by atomic mass is 32.1. The number of aryl methyl sites for hydroxylation is 1. The molecular weight excluding hydrogens is 474 g/mol. The summed E-state index contributed by atoms with van der Waals surface area (Å²) in [7, 11) is 1.73. The van der Waals surface area contributed by atoms with Gasteiger partial charge in [0.15, 0.2) is 4.77 Å². The minimum Gasteiger partial charge on any atom is -0.495 e. The van der Waals surface area contributed by atoms with E-state index in [1.165, 1.54) is 10.4 Å². The van der Waals surface area contributed by atoms with Crippen molar-refractivity contribution in [3.05, 3.63) is 93.1 Å². The molecule has 1 aliphatic rings. The van der Waals surface area contributed by atoms with Crippen LogP contribution in [0.25, 0.3) is 0 Å². The molecule has 0 amide bonds. The van der Waals surface area contributed by atoms with Crippen molar-refractivity contribution in [3.8, 4) is 5.75 Å². The van der Waals surface area contributed by atoms with Crippen LogP contribution in [0.1, 0.15) is 16.3 Å². The summed E-state index contributed by atoms with van der Waals surface area (Å²) < 4.78 is 10.6. The van der Waals surface area contributed by atoms with Crippen molar-refractivity contribution in [1.82, 2.24) is 19.2 Å². The lowest BCUT2D eigenvalue weighted by Gasteiger charge is -2.36. The molecule has 0 radical (unpaired) electrons. The topological polar surface area (TPSA) is 38.5 Å². The van der Waals surface area contributed by atoms with Crippen molar-refractivity contribution in [3.63, 3.8) is 0 Å². The molecule has 0 N–H and O–H groups in total. The zero-order valence-electron chi connectivity index (χ0n) is 20.0. The van der Waals surface area contributed by atoms with E-state index in [-0.39, 0.29) is 0 Å². The highest BCUT2D eigenvalue weighted by molar-refractivity contribution is 7.71. The number of ether oxygens (including phenoxy) is 1. The molecule has 6 nitrogen and oxygen atoms in total. The van der Waals surface area contributed by atoms with Crippen LogP contribution >= 0.6 is 23.6 Å². The minimum absolute atomic E-state index is 0.717. The predicted octanol–water partition coefficient (Wildman–Crippen LogP) is 5.10. The molecule has 0 aliphatic carbocycles. The summed E-state index contributed by atoms with van der Waals surface area (Å²) in [5.74, 6) is 1.97. The highest BCUT2D eigenvalue weighted by Gasteiger charge is 2.21. The Morgan fingerprint density at radius 2 is 1.71 bits per heavy atom. The van der Waals surface area contributed by atoms with Gasteiger partial charge in [0.1, 0.15) is 11.6 Å². The fourth-order valence-corrected chi connectivity index (χ4v) is 5.60. The van der Waals surface area contributed by atoms with E-state index in [9.17, 15) is 0 Å². The average molecular weight is 506 g/mol. The van der Waals surface area contributed by atoms with Crippen LogP contribution in [0.3, 0.4) is 0 Å². The molecule has 4 aromatic rings. The molecule has 0 spiro atoms. The third-order valence-corrected chi connectivity index (χ3v) is 7.82. The first-order chi connectivity index (χ1) is 17.2. The van der Waals surface area contributed by atoms with Crippen molar-refractivity contribution >= 4 is 29.2 Å². The van der Waals surface area contributed by atoms with E-state index in [2.05, 4.69) is 74.3 Å². The van der Waals surface area contributed by atoms with Gasteiger partial charge in [-0.05, 0) is 47.8 Å². The number of piperazine rings is 1. The zero-order chi connectivity index (χ0) is 24.0. The van der Waals surface area contributed by atoms with Gasteiger partial charge in [-0.15, -0.1) is 11.3 Å². The van der Waals surface area contributed by atoms with E-state index in [1.807, 2.05) is 16.8 Å². The van der Waals surface area contributed by atoms with Crippen LogP contribution in [0.2, 0.25) is 0 Å². The molecule has 1 fully saturated rings. The van der Waals surface area contributed by atoms with Gasteiger partial charge in [-0.3, -0.25) is 4.90 Å². The summed E-state index contributed by atoms with van der Waals surface area (Å²) in [4.78, 5) is 6.14. The minimum atomic E-state index is 0.717. The Kier molecular flexibility index (Phi) is 7.61. The summed E-state index contributed by atoms with van der Waals surface area (Å²) in [5, 5.41) is 7.12. The van der Waals surface area contributed by atoms with Crippen molar-refractivity contribution in [1.29, 1.82) is 0 Å². The molecule has 0 atom stereocenters. The molecular formula is C27H31N5OS2. The van der Waals surface area contributed by atoms with Crippen molar-refractivity contribution in [2.45, 2.75) is 26.1 Å². The molecule has 0 saturated carbocycles. The summed E-state index contributed by atoms with van der Waals surface area (Å²) in [5.41, 5.74) is 2.48. The first-order valence-corrected chi connectivity index (χ1v) is 13.3. The molecule has 1 aliphatic heterocycles. The summed E-state index contributed by atoms with van der Waals surface area (Å²) in [6.45, 7) is 5.36. The van der Waals surface area contributed by atoms with Gasteiger partial charge in [0.05, 0.1) is 19.5 Å². The second-order valence-corrected chi connectivity index (χ2v) is 10.2. The molecule has 35 heavy (non-hydrogen) atoms. The van der Waals surface area contributed by atoms with E-state index in [4.69, 9.17) is 22.1 Å². The smallest absolute Gasteiger partial charge is 0.199 e. The van der Waals surface area contributed by atoms with E-state index >= 15 is 0 Å². The molecule has 182 valence electrons. The Balaban J connectivity index is 1.29. The van der Waals surface area contributed by atoms with Crippen LogP contribution in [0, 0.1) is 4.77 Å². The van der Waals surface area contributed by atoms with Gasteiger partial charge in [-0.1, -0.05) is 48.5 Å². The number of rotatable bonds is 9. The lowest BCUT2D eigenvalue weighted by molar-refractivity contribution is 0.193. The quantitative estimate of drug-likeness (QED) is 0.296. The van der Waals surface area contributed by atoms with Gasteiger partial charge in [-0.2, -0.15) is 5.10 Å². The molecule has 0 bridgehead atoms. The summed E-state index contributed by atoms with van der Waals surface area (Å²) >= 11 is 7.71. The van der Waals surface area contributed by atoms with Gasteiger partial charge >= 0.3 is 0 Å². The third-order valence-electron chi connectivity index (χ3n) is 6.51. The van der Waals surface area contributed by atoms with Gasteiger partial charge in [0.25, 0.3) is 0 Å². The van der Waals surface area contributed by atoms with Crippen LogP contribution in [0.5, 0.6) is 5.75 Å². The van der Waals surface area contributed by atoms with Crippen LogP contribution in [-0.4, -0.2) is 52.5 Å². The number of nitrogens with zero attached hydrogens (tertiary/aromatic N) is 5. The number of methoxy groups -OCH3 is 1. The van der Waals surface area contributed by atoms with Gasteiger partial charge in [-0.25, -0.2) is 4.68 Å². The Hall–Kier alpha value is -2.94. The van der Waals surface area contributed by atoms with Gasteiger partial charge in [0.2, 0.25) is 0 Å². The normalized spacial score (nSPS) is 14.4. The number of thiophene rings is 1. The Labute approximate surface area is 216 Å². The third kappa shape index (κ3) is 5.66. The number of aromatic nitrogens is 3. The Morgan fingerprint density at radius 3 is 2.46 bits per heavy atom. The van der Waals surface area contributed by atoms with E-state index in [0.717, 1.165) is 67.6 Å². The maximum absolute atomic E-state index is 5.94. The maximum Gasteiger partial charge on any atom is 0.199 e. The lowest BCUT2D eigenvalue weighted by Crippen LogP contribution is -2.47. The summed E-state index contributed by atoms with van der Waals surface area (Å²) in [6, 6.07) is 23.1. The average Bonchev–Trinajstić information content (AvgIpc) is 3.52. The van der Waals surface area contributed by atoms with Crippen molar-refractivity contribution < 1.29 is 4.74 Å². The highest BCUT2D eigenvalue weighted by Crippen LogP contribution is 2.28. The molecule has 2 aromatic carbocycles. The number of anilines is 1. The zero-order valence-corrected chi connectivity index (χ0v) is 21.7. The number of para-hydroxylation sites is 2. The monoisotopic (exact) mass is 505 g/mol. The molecule has 5 rings (SSSR count). The molecule has 1 saturated heterocycles. The molecule has 8 heteroatoms. The van der Waals surface area contributed by atoms with Crippen molar-refractivity contribution in [2.24, 2.45) is 0 Å². The van der Waals surface area contributed by atoms with E-state index < -0.39 is 0 Å². The maximum atomic E-state index is 5.94. The lowest BCUT2D eigenvalue weighted by atomic mass is 10.1. The van der Waals surface area contributed by atoms with Crippen LogP contribution < -0.4 is 9.64 Å². The van der Waals surface area contributed by atoms with Crippen LogP contribution in [-0.2, 0) is 26.1 Å². The van der Waals surface area contributed by atoms with Crippen LogP contribution in [0.15, 0.2) is 72.1 Å². The predicted molar refractivity (Wildman–Crippen MR) is 145 cm³/mol. The molecule has 0 unspecified atom stereocenters. The van der Waals surface area contributed by atoms with Crippen LogP contribution in [0.4, 0.5) is 5.69 Å². The molecule has 3 heterocycles. The fourth-order valence-electron chi connectivity index (χ4n) is 4.60. The fraction of sp³-hybridized carbons (Fsp3) is 0.333. The first kappa shape index (κ1) is 23.8. The van der Waals surface area contributed by atoms with E-state index in [0.29, 0.717) is 6.67 Å². The largest absolute Gasteiger partial charge is 0.495 e. The summed E-state index contributed by atoms with van der Waals surface area (Å²) in [6.07, 6.45) is 1.75. The Bertz CT molecular complexity index is 1270. The number of hydrogen-bond donors (Lipinski definition) is 0. The number of hydrogen-bond acceptors (Lipinski definition) is 6. The standard InChI is InChI=1S/C27H31N5OS2/c1-33-25-12-6-5-11-24(25)30-17-15-29(16-18-30)21-32-27(34)31(14-13-22-8-3-2-4-9-22)26(28-32)20-23-10-7-19-35-23/h2-12,19H,13-18,20-21H2,1H3. The Morgan fingerprint density at radius 1 is 0.943 bits per heavy atom. The van der Waals surface area contributed by atoms with Gasteiger partial charge < -0.3 is 14.2 Å². The van der Waals surface area contributed by atoms with E-state index in [1.54, 1.807) is 18.4 Å². The first-order valence-electron chi connectivity index (χ1n) is 12.0. The van der Waals surface area contributed by atoms with Gasteiger partial charge in [0, 0.05) is 44.0 Å². The second kappa shape index (κ2) is 11.2. The van der Waals surface area contributed by atoms with Crippen molar-refractivity contribution in [2.75, 3.05) is 38.2 Å². The second-order valence-electron chi connectivity index (χ2n) is 8.76.